The molecule has 4 aromatic rings. The lowest BCUT2D eigenvalue weighted by atomic mass is 9.93. The summed E-state index contributed by atoms with van der Waals surface area (Å²) in [7, 11) is 0. The number of hydrogen-bond donors (Lipinski definition) is 0. The zero-order chi connectivity index (χ0) is 18.8. The van der Waals surface area contributed by atoms with Crippen LogP contribution in [-0.2, 0) is 0 Å². The van der Waals surface area contributed by atoms with Crippen molar-refractivity contribution < 1.29 is 9.47 Å². The van der Waals surface area contributed by atoms with Crippen LogP contribution in [0.15, 0.2) is 42.5 Å². The molecule has 0 saturated carbocycles. The van der Waals surface area contributed by atoms with Crippen molar-refractivity contribution in [1.29, 1.82) is 0 Å². The molecule has 2 nitrogen and oxygen atoms in total. The second-order valence-corrected chi connectivity index (χ2v) is 8.23. The van der Waals surface area contributed by atoms with Gasteiger partial charge in [0.1, 0.15) is 11.5 Å². The van der Waals surface area contributed by atoms with Crippen molar-refractivity contribution >= 4 is 54.9 Å². The van der Waals surface area contributed by atoms with E-state index < -0.39 is 0 Å². The van der Waals surface area contributed by atoms with Gasteiger partial charge in [-0.3, -0.25) is 0 Å². The van der Waals surface area contributed by atoms with Crippen LogP contribution in [0.2, 0.25) is 0 Å². The minimum Gasteiger partial charge on any atom is -0.493 e. The summed E-state index contributed by atoms with van der Waals surface area (Å²) in [5.41, 5.74) is 0. The predicted octanol–water partition coefficient (Wildman–Crippen LogP) is 7.55. The van der Waals surface area contributed by atoms with Gasteiger partial charge in [0.15, 0.2) is 0 Å². The summed E-state index contributed by atoms with van der Waals surface area (Å²) in [5, 5.41) is 7.53. The summed E-state index contributed by atoms with van der Waals surface area (Å²) in [4.78, 5) is 0. The Labute approximate surface area is 174 Å². The topological polar surface area (TPSA) is 18.5 Å². The van der Waals surface area contributed by atoms with Gasteiger partial charge in [0, 0.05) is 25.1 Å². The molecule has 0 fully saturated rings. The van der Waals surface area contributed by atoms with E-state index in [2.05, 4.69) is 78.9 Å². The van der Waals surface area contributed by atoms with Gasteiger partial charge in [-0.1, -0.05) is 44.9 Å². The van der Waals surface area contributed by atoms with E-state index in [9.17, 15) is 0 Å². The van der Waals surface area contributed by atoms with Gasteiger partial charge in [0.05, 0.1) is 13.2 Å². The van der Waals surface area contributed by atoms with Gasteiger partial charge in [-0.2, -0.15) is 0 Å². The van der Waals surface area contributed by atoms with Gasteiger partial charge in [-0.15, -0.1) is 0 Å². The van der Waals surface area contributed by atoms with Crippen LogP contribution in [0.3, 0.4) is 0 Å². The van der Waals surface area contributed by atoms with Crippen LogP contribution in [0.1, 0.15) is 39.5 Å². The normalized spacial score (nSPS) is 11.7. The highest BCUT2D eigenvalue weighted by Crippen LogP contribution is 2.43. The van der Waals surface area contributed by atoms with Gasteiger partial charge < -0.3 is 9.47 Å². The first-order chi connectivity index (χ1) is 13.2. The molecule has 0 bridgehead atoms. The molecule has 0 amide bonds. The largest absolute Gasteiger partial charge is 0.493 e. The lowest BCUT2D eigenvalue weighted by Crippen LogP contribution is -2.00. The summed E-state index contributed by atoms with van der Waals surface area (Å²) in [5.74, 6) is 1.98. The Morgan fingerprint density at radius 1 is 0.704 bits per heavy atom. The van der Waals surface area contributed by atoms with Crippen LogP contribution in [0.25, 0.3) is 32.3 Å². The molecule has 0 aliphatic carbocycles. The highest BCUT2D eigenvalue weighted by molar-refractivity contribution is 14.1. The summed E-state index contributed by atoms with van der Waals surface area (Å²) < 4.78 is 13.5. The molecule has 0 spiro atoms. The summed E-state index contributed by atoms with van der Waals surface area (Å²) in [6.45, 7) is 5.91. The first-order valence-electron chi connectivity index (χ1n) is 9.90. The molecule has 27 heavy (non-hydrogen) atoms. The number of ether oxygens (including phenoxy) is 2. The summed E-state index contributed by atoms with van der Waals surface area (Å²) in [6.07, 6.45) is 4.44. The molecule has 0 heterocycles. The molecule has 0 N–H and O–H groups in total. The lowest BCUT2D eigenvalue weighted by Gasteiger charge is -2.17. The molecule has 0 aliphatic heterocycles. The van der Waals surface area contributed by atoms with Crippen molar-refractivity contribution in [2.45, 2.75) is 39.5 Å². The number of unbranched alkanes of at least 4 members (excludes halogenated alkanes) is 2. The van der Waals surface area contributed by atoms with Crippen LogP contribution in [-0.4, -0.2) is 13.2 Å². The van der Waals surface area contributed by atoms with E-state index in [1.807, 2.05) is 0 Å². The van der Waals surface area contributed by atoms with Crippen LogP contribution in [0.4, 0.5) is 0 Å². The van der Waals surface area contributed by atoms with Gasteiger partial charge in [-0.05, 0) is 70.5 Å². The first-order valence-corrected chi connectivity index (χ1v) is 11.0. The molecule has 0 saturated heterocycles. The van der Waals surface area contributed by atoms with Crippen LogP contribution >= 0.6 is 22.6 Å². The second kappa shape index (κ2) is 8.09. The zero-order valence-corrected chi connectivity index (χ0v) is 18.1. The monoisotopic (exact) mass is 472 g/mol. The molecule has 4 rings (SSSR count). The van der Waals surface area contributed by atoms with Crippen LogP contribution in [0, 0.1) is 3.57 Å². The SMILES string of the molecule is CCCCOc1ccc2ccc3c(I)cc(OCCCC)c4ccc1c2c34. The fourth-order valence-corrected chi connectivity index (χ4v) is 4.43. The van der Waals surface area contributed by atoms with Gasteiger partial charge in [0.2, 0.25) is 0 Å². The van der Waals surface area contributed by atoms with Crippen molar-refractivity contribution in [2.75, 3.05) is 13.2 Å². The Kier molecular flexibility index (Phi) is 5.58. The van der Waals surface area contributed by atoms with Crippen molar-refractivity contribution in [3.8, 4) is 11.5 Å². The Hall–Kier alpha value is -1.75. The minimum atomic E-state index is 0.766. The average Bonchev–Trinajstić information content (AvgIpc) is 2.69. The van der Waals surface area contributed by atoms with E-state index in [1.165, 1.54) is 35.9 Å². The van der Waals surface area contributed by atoms with Gasteiger partial charge in [-0.25, -0.2) is 0 Å². The lowest BCUT2D eigenvalue weighted by molar-refractivity contribution is 0.312. The first kappa shape index (κ1) is 18.6. The van der Waals surface area contributed by atoms with Gasteiger partial charge >= 0.3 is 0 Å². The van der Waals surface area contributed by atoms with E-state index in [0.717, 1.165) is 50.4 Å². The molecule has 0 aromatic heterocycles. The average molecular weight is 472 g/mol. The maximum Gasteiger partial charge on any atom is 0.128 e. The molecular weight excluding hydrogens is 447 g/mol. The predicted molar refractivity (Wildman–Crippen MR) is 124 cm³/mol. The van der Waals surface area contributed by atoms with Crippen molar-refractivity contribution in [3.63, 3.8) is 0 Å². The highest BCUT2D eigenvalue weighted by atomic mass is 127. The quantitative estimate of drug-likeness (QED) is 0.150. The standard InChI is InChI=1S/C24H25IO2/c1-3-5-13-26-21-12-8-16-7-9-17-20(25)15-22(27-14-6-4-2)19-11-10-18(21)23(16)24(17)19/h7-12,15H,3-6,13-14H2,1-2H3. The summed E-state index contributed by atoms with van der Waals surface area (Å²) in [6, 6.07) is 15.3. The fraction of sp³-hybridized carbons (Fsp3) is 0.333. The molecular formula is C24H25IO2. The Balaban J connectivity index is 1.93. The Morgan fingerprint density at radius 3 is 2.00 bits per heavy atom. The smallest absolute Gasteiger partial charge is 0.128 e. The van der Waals surface area contributed by atoms with Crippen molar-refractivity contribution in [3.05, 3.63) is 46.0 Å². The maximum atomic E-state index is 6.16. The third kappa shape index (κ3) is 3.42. The van der Waals surface area contributed by atoms with Crippen molar-refractivity contribution in [1.82, 2.24) is 0 Å². The molecule has 4 aromatic carbocycles. The molecule has 3 heteroatoms. The van der Waals surface area contributed by atoms with E-state index in [-0.39, 0.29) is 0 Å². The summed E-state index contributed by atoms with van der Waals surface area (Å²) >= 11 is 2.43. The van der Waals surface area contributed by atoms with Gasteiger partial charge in [0.25, 0.3) is 0 Å². The Morgan fingerprint density at radius 2 is 1.30 bits per heavy atom. The second-order valence-electron chi connectivity index (χ2n) is 7.07. The van der Waals surface area contributed by atoms with E-state index in [0.29, 0.717) is 0 Å². The molecule has 0 atom stereocenters. The van der Waals surface area contributed by atoms with E-state index in [4.69, 9.17) is 9.47 Å². The molecule has 0 aliphatic rings. The number of halogens is 1. The molecule has 0 radical (unpaired) electrons. The Bertz CT molecular complexity index is 1070. The highest BCUT2D eigenvalue weighted by Gasteiger charge is 2.16. The number of hydrogen-bond acceptors (Lipinski definition) is 2. The van der Waals surface area contributed by atoms with E-state index >= 15 is 0 Å². The minimum absolute atomic E-state index is 0.766. The zero-order valence-electron chi connectivity index (χ0n) is 16.0. The van der Waals surface area contributed by atoms with Crippen molar-refractivity contribution in [2.24, 2.45) is 0 Å². The number of benzene rings is 4. The maximum absolute atomic E-state index is 6.16. The molecule has 0 unspecified atom stereocenters. The van der Waals surface area contributed by atoms with Crippen LogP contribution < -0.4 is 9.47 Å². The van der Waals surface area contributed by atoms with Crippen LogP contribution in [0.5, 0.6) is 11.5 Å². The molecule has 140 valence electrons. The third-order valence-corrected chi connectivity index (χ3v) is 6.06. The fourth-order valence-electron chi connectivity index (χ4n) is 3.69. The number of rotatable bonds is 8. The van der Waals surface area contributed by atoms with E-state index in [1.54, 1.807) is 0 Å². The third-order valence-electron chi connectivity index (χ3n) is 5.16.